The first-order chi connectivity index (χ1) is 11.2. The maximum atomic E-state index is 5.89. The average molecular weight is 434 g/mol. The highest BCUT2D eigenvalue weighted by molar-refractivity contribution is 14.0. The molecule has 3 rings (SSSR count). The molecule has 124 valence electrons. The zero-order valence-electron chi connectivity index (χ0n) is 13.3. The molecule has 0 spiro atoms. The number of hydrogen-bond acceptors (Lipinski definition) is 3. The lowest BCUT2D eigenvalue weighted by Crippen LogP contribution is -2.22. The monoisotopic (exact) mass is 434 g/mol. The highest BCUT2D eigenvalue weighted by Gasteiger charge is 2.02. The molecule has 2 aromatic heterocycles. The molecule has 0 saturated carbocycles. The Bertz CT molecular complexity index is 795. The topological polar surface area (TPSA) is 81.1 Å². The van der Waals surface area contributed by atoms with Gasteiger partial charge < -0.3 is 11.1 Å². The number of benzene rings is 1. The molecule has 24 heavy (non-hydrogen) atoms. The van der Waals surface area contributed by atoms with Crippen molar-refractivity contribution < 1.29 is 0 Å². The van der Waals surface area contributed by atoms with Gasteiger partial charge in [0.15, 0.2) is 5.96 Å². The summed E-state index contributed by atoms with van der Waals surface area (Å²) in [6.45, 7) is 2.41. The van der Waals surface area contributed by atoms with Gasteiger partial charge >= 0.3 is 0 Å². The summed E-state index contributed by atoms with van der Waals surface area (Å²) in [5.74, 6) is 2.12. The Labute approximate surface area is 157 Å². The normalized spacial score (nSPS) is 11.0. The zero-order chi connectivity index (χ0) is 16.1. The Balaban J connectivity index is 0.00000208. The van der Waals surface area contributed by atoms with Crippen LogP contribution in [0.2, 0.25) is 0 Å². The van der Waals surface area contributed by atoms with Crippen molar-refractivity contribution in [2.24, 2.45) is 10.7 Å². The average Bonchev–Trinajstić information content (AvgIpc) is 3.00. The summed E-state index contributed by atoms with van der Waals surface area (Å²) >= 11 is 0. The second kappa shape index (κ2) is 8.44. The second-order valence-corrected chi connectivity index (χ2v) is 5.06. The van der Waals surface area contributed by atoms with Crippen molar-refractivity contribution in [3.05, 3.63) is 72.4 Å². The summed E-state index contributed by atoms with van der Waals surface area (Å²) in [5.41, 5.74) is 7.79. The number of rotatable bonds is 4. The maximum absolute atomic E-state index is 5.89. The number of para-hydroxylation sites is 1. The van der Waals surface area contributed by atoms with Gasteiger partial charge in [-0.3, -0.25) is 4.57 Å². The maximum Gasteiger partial charge on any atom is 0.193 e. The first kappa shape index (κ1) is 17.9. The van der Waals surface area contributed by atoms with Gasteiger partial charge in [-0.25, -0.2) is 15.0 Å². The number of anilines is 1. The van der Waals surface area contributed by atoms with E-state index in [0.29, 0.717) is 12.5 Å². The highest BCUT2D eigenvalue weighted by Crippen LogP contribution is 2.09. The minimum atomic E-state index is 0. The number of guanidine groups is 1. The van der Waals surface area contributed by atoms with Crippen LogP contribution in [0.4, 0.5) is 5.69 Å². The predicted octanol–water partition coefficient (Wildman–Crippen LogP) is 3.12. The summed E-state index contributed by atoms with van der Waals surface area (Å²) in [6, 6.07) is 13.6. The fraction of sp³-hybridized carbons (Fsp3) is 0.118. The molecular formula is C17H19IN6. The molecule has 7 heteroatoms. The van der Waals surface area contributed by atoms with Crippen LogP contribution in [-0.4, -0.2) is 20.5 Å². The van der Waals surface area contributed by atoms with Gasteiger partial charge in [0.2, 0.25) is 0 Å². The SMILES string of the molecule is Cc1nccn1-c1ccc(CN=C(N)Nc2ccccc2)cn1.I. The largest absolute Gasteiger partial charge is 0.370 e. The molecule has 0 fully saturated rings. The van der Waals surface area contributed by atoms with E-state index in [-0.39, 0.29) is 24.0 Å². The molecule has 6 nitrogen and oxygen atoms in total. The van der Waals surface area contributed by atoms with E-state index in [0.717, 1.165) is 22.9 Å². The van der Waals surface area contributed by atoms with E-state index >= 15 is 0 Å². The Kier molecular flexibility index (Phi) is 6.30. The molecule has 0 aliphatic heterocycles. The molecule has 0 amide bonds. The molecule has 0 atom stereocenters. The predicted molar refractivity (Wildman–Crippen MR) is 107 cm³/mol. The number of imidazole rings is 1. The Morgan fingerprint density at radius 1 is 1.17 bits per heavy atom. The minimum absolute atomic E-state index is 0. The van der Waals surface area contributed by atoms with Crippen molar-refractivity contribution in [2.75, 3.05) is 5.32 Å². The van der Waals surface area contributed by atoms with Crippen LogP contribution in [0.3, 0.4) is 0 Å². The van der Waals surface area contributed by atoms with Crippen LogP contribution in [0.5, 0.6) is 0 Å². The Morgan fingerprint density at radius 3 is 2.58 bits per heavy atom. The number of aliphatic imine (C=N–C) groups is 1. The molecule has 1 aromatic carbocycles. The first-order valence-electron chi connectivity index (χ1n) is 7.29. The van der Waals surface area contributed by atoms with Gasteiger partial charge in [0.1, 0.15) is 11.6 Å². The second-order valence-electron chi connectivity index (χ2n) is 5.06. The summed E-state index contributed by atoms with van der Waals surface area (Å²) in [6.07, 6.45) is 5.44. The molecule has 0 aliphatic rings. The van der Waals surface area contributed by atoms with E-state index in [2.05, 4.69) is 20.3 Å². The Hall–Kier alpha value is -2.42. The number of aromatic nitrogens is 3. The lowest BCUT2D eigenvalue weighted by molar-refractivity contribution is 0.922. The van der Waals surface area contributed by atoms with E-state index in [9.17, 15) is 0 Å². The molecule has 0 bridgehead atoms. The van der Waals surface area contributed by atoms with Crippen molar-refractivity contribution in [3.63, 3.8) is 0 Å². The molecule has 0 unspecified atom stereocenters. The molecule has 0 saturated heterocycles. The van der Waals surface area contributed by atoms with Crippen LogP contribution in [-0.2, 0) is 6.54 Å². The summed E-state index contributed by atoms with van der Waals surface area (Å²) in [4.78, 5) is 13.0. The standard InChI is InChI=1S/C17H18N6.HI/c1-13-19-9-10-23(13)16-8-7-14(11-20-16)12-21-17(18)22-15-5-3-2-4-6-15;/h2-11H,12H2,1H3,(H3,18,21,22);1H. The summed E-state index contributed by atoms with van der Waals surface area (Å²) < 4.78 is 1.93. The lowest BCUT2D eigenvalue weighted by Gasteiger charge is -2.06. The minimum Gasteiger partial charge on any atom is -0.370 e. The van der Waals surface area contributed by atoms with E-state index < -0.39 is 0 Å². The quantitative estimate of drug-likeness (QED) is 0.376. The van der Waals surface area contributed by atoms with Gasteiger partial charge in [0, 0.05) is 24.3 Å². The van der Waals surface area contributed by atoms with Crippen molar-refractivity contribution in [2.45, 2.75) is 13.5 Å². The van der Waals surface area contributed by atoms with Crippen LogP contribution in [0.1, 0.15) is 11.4 Å². The smallest absolute Gasteiger partial charge is 0.193 e. The summed E-state index contributed by atoms with van der Waals surface area (Å²) in [7, 11) is 0. The zero-order valence-corrected chi connectivity index (χ0v) is 15.6. The molecule has 0 aliphatic carbocycles. The van der Waals surface area contributed by atoms with Crippen LogP contribution >= 0.6 is 24.0 Å². The fourth-order valence-corrected chi connectivity index (χ4v) is 2.16. The lowest BCUT2D eigenvalue weighted by atomic mass is 10.3. The third kappa shape index (κ3) is 4.54. The van der Waals surface area contributed by atoms with E-state index in [1.807, 2.05) is 60.2 Å². The molecule has 3 N–H and O–H groups in total. The van der Waals surface area contributed by atoms with Gasteiger partial charge in [0.05, 0.1) is 6.54 Å². The molecule has 0 radical (unpaired) electrons. The highest BCUT2D eigenvalue weighted by atomic mass is 127. The van der Waals surface area contributed by atoms with Crippen LogP contribution in [0.15, 0.2) is 66.0 Å². The van der Waals surface area contributed by atoms with Gasteiger partial charge in [-0.2, -0.15) is 0 Å². The van der Waals surface area contributed by atoms with E-state index in [4.69, 9.17) is 5.73 Å². The van der Waals surface area contributed by atoms with Gasteiger partial charge in [-0.15, -0.1) is 24.0 Å². The van der Waals surface area contributed by atoms with Gasteiger partial charge in [-0.1, -0.05) is 24.3 Å². The third-order valence-corrected chi connectivity index (χ3v) is 3.36. The number of aryl methyl sites for hydroxylation is 1. The van der Waals surface area contributed by atoms with Gasteiger partial charge in [-0.05, 0) is 30.7 Å². The number of hydrogen-bond donors (Lipinski definition) is 2. The van der Waals surface area contributed by atoms with Gasteiger partial charge in [0.25, 0.3) is 0 Å². The van der Waals surface area contributed by atoms with Crippen molar-refractivity contribution >= 4 is 35.6 Å². The van der Waals surface area contributed by atoms with Crippen LogP contribution in [0, 0.1) is 6.92 Å². The molecular weight excluding hydrogens is 415 g/mol. The Morgan fingerprint density at radius 2 is 1.96 bits per heavy atom. The van der Waals surface area contributed by atoms with Crippen molar-refractivity contribution in [1.29, 1.82) is 0 Å². The number of halogens is 1. The third-order valence-electron chi connectivity index (χ3n) is 3.36. The van der Waals surface area contributed by atoms with E-state index in [1.54, 1.807) is 12.4 Å². The van der Waals surface area contributed by atoms with Crippen LogP contribution < -0.4 is 11.1 Å². The molecule has 3 aromatic rings. The fourth-order valence-electron chi connectivity index (χ4n) is 2.16. The van der Waals surface area contributed by atoms with Crippen LogP contribution in [0.25, 0.3) is 5.82 Å². The first-order valence-corrected chi connectivity index (χ1v) is 7.29. The molecule has 2 heterocycles. The van der Waals surface area contributed by atoms with Crippen molar-refractivity contribution in [3.8, 4) is 5.82 Å². The number of nitrogens with zero attached hydrogens (tertiary/aromatic N) is 4. The van der Waals surface area contributed by atoms with E-state index in [1.165, 1.54) is 0 Å². The number of nitrogens with two attached hydrogens (primary N) is 1. The number of nitrogens with one attached hydrogen (secondary N) is 1. The van der Waals surface area contributed by atoms with Crippen molar-refractivity contribution in [1.82, 2.24) is 14.5 Å². The number of pyridine rings is 1. The summed E-state index contributed by atoms with van der Waals surface area (Å²) in [5, 5.41) is 3.05.